The fourth-order valence-electron chi connectivity index (χ4n) is 3.23. The lowest BCUT2D eigenvalue weighted by molar-refractivity contribution is 0.388. The Kier molecular flexibility index (Phi) is 4.57. The Bertz CT molecular complexity index is 1090. The van der Waals surface area contributed by atoms with Gasteiger partial charge in [-0.05, 0) is 51.3 Å². The number of fused-ring (bicyclic) bond motifs is 2. The van der Waals surface area contributed by atoms with Crippen molar-refractivity contribution >= 4 is 32.5 Å². The summed E-state index contributed by atoms with van der Waals surface area (Å²) in [6, 6.07) is 15.9. The van der Waals surface area contributed by atoms with E-state index < -0.39 is 0 Å². The second-order valence-corrected chi connectivity index (χ2v) is 7.76. The van der Waals surface area contributed by atoms with Gasteiger partial charge < -0.3 is 9.47 Å². The molecule has 4 nitrogen and oxygen atoms in total. The van der Waals surface area contributed by atoms with Gasteiger partial charge in [0, 0.05) is 18.1 Å². The summed E-state index contributed by atoms with van der Waals surface area (Å²) in [6.45, 7) is 1.88. The summed E-state index contributed by atoms with van der Waals surface area (Å²) < 4.78 is 3.30. The number of hydrogen-bond donors (Lipinski definition) is 0. The van der Waals surface area contributed by atoms with Crippen molar-refractivity contribution in [2.45, 2.75) is 13.0 Å². The van der Waals surface area contributed by atoms with Crippen LogP contribution >= 0.6 is 11.3 Å². The minimum Gasteiger partial charge on any atom is -0.346 e. The first-order chi connectivity index (χ1) is 12.6. The van der Waals surface area contributed by atoms with E-state index in [-0.39, 0.29) is 5.43 Å². The van der Waals surface area contributed by atoms with Crippen molar-refractivity contribution in [1.82, 2.24) is 14.5 Å². The molecule has 132 valence electrons. The zero-order valence-electron chi connectivity index (χ0n) is 15.0. The third kappa shape index (κ3) is 3.16. The van der Waals surface area contributed by atoms with Crippen LogP contribution in [0.25, 0.3) is 31.7 Å². The number of aromatic nitrogens is 2. The second-order valence-electron chi connectivity index (χ2n) is 6.73. The zero-order chi connectivity index (χ0) is 18.1. The Morgan fingerprint density at radius 1 is 1.08 bits per heavy atom. The summed E-state index contributed by atoms with van der Waals surface area (Å²) in [5, 5.41) is 1.55. The Labute approximate surface area is 156 Å². The smallest absolute Gasteiger partial charge is 0.199 e. The van der Waals surface area contributed by atoms with Gasteiger partial charge in [-0.3, -0.25) is 4.79 Å². The molecule has 0 radical (unpaired) electrons. The Morgan fingerprint density at radius 2 is 1.85 bits per heavy atom. The molecule has 0 aliphatic heterocycles. The summed E-state index contributed by atoms with van der Waals surface area (Å²) in [6.07, 6.45) is 3.01. The van der Waals surface area contributed by atoms with E-state index in [1.54, 1.807) is 11.3 Å². The van der Waals surface area contributed by atoms with Gasteiger partial charge in [-0.2, -0.15) is 0 Å². The van der Waals surface area contributed by atoms with Crippen LogP contribution in [0.3, 0.4) is 0 Å². The summed E-state index contributed by atoms with van der Waals surface area (Å²) >= 11 is 1.58. The number of pyridine rings is 1. The largest absolute Gasteiger partial charge is 0.346 e. The third-order valence-electron chi connectivity index (χ3n) is 4.52. The first-order valence-corrected chi connectivity index (χ1v) is 9.58. The first-order valence-electron chi connectivity index (χ1n) is 8.76. The quantitative estimate of drug-likeness (QED) is 0.533. The number of rotatable bonds is 5. The molecule has 0 amide bonds. The number of benzene rings is 2. The normalized spacial score (nSPS) is 11.7. The van der Waals surface area contributed by atoms with Crippen LogP contribution in [0, 0.1) is 0 Å². The van der Waals surface area contributed by atoms with Gasteiger partial charge in [0.2, 0.25) is 0 Å². The molecule has 0 fully saturated rings. The van der Waals surface area contributed by atoms with Crippen molar-refractivity contribution in [3.05, 3.63) is 65.0 Å². The highest BCUT2D eigenvalue weighted by molar-refractivity contribution is 7.21. The maximum absolute atomic E-state index is 13.1. The lowest BCUT2D eigenvalue weighted by Crippen LogP contribution is -2.17. The summed E-state index contributed by atoms with van der Waals surface area (Å²) in [5.41, 5.74) is 2.68. The van der Waals surface area contributed by atoms with E-state index in [0.717, 1.165) is 45.6 Å². The maximum atomic E-state index is 13.1. The van der Waals surface area contributed by atoms with Gasteiger partial charge in [0.15, 0.2) is 5.43 Å². The fourth-order valence-corrected chi connectivity index (χ4v) is 4.20. The van der Waals surface area contributed by atoms with E-state index in [2.05, 4.69) is 23.6 Å². The van der Waals surface area contributed by atoms with E-state index in [1.807, 2.05) is 54.7 Å². The number of thiazole rings is 1. The average Bonchev–Trinajstić information content (AvgIpc) is 3.07. The predicted molar refractivity (Wildman–Crippen MR) is 110 cm³/mol. The standard InChI is InChI=1S/C21H21N3OS/c1-23(2)12-7-13-24-14-16(20(25)15-8-3-5-10-18(15)24)21-22-17-9-4-6-11-19(17)26-21/h3-6,8-11,14H,7,12-13H2,1-2H3. The molecule has 26 heavy (non-hydrogen) atoms. The van der Waals surface area contributed by atoms with Crippen LogP contribution in [0.1, 0.15) is 6.42 Å². The highest BCUT2D eigenvalue weighted by Crippen LogP contribution is 2.29. The lowest BCUT2D eigenvalue weighted by Gasteiger charge is -2.14. The molecular weight excluding hydrogens is 342 g/mol. The average molecular weight is 363 g/mol. The summed E-state index contributed by atoms with van der Waals surface area (Å²) in [5.74, 6) is 0. The number of nitrogens with zero attached hydrogens (tertiary/aromatic N) is 3. The number of aryl methyl sites for hydroxylation is 1. The molecule has 2 aromatic heterocycles. The van der Waals surface area contributed by atoms with E-state index in [0.29, 0.717) is 5.56 Å². The Balaban J connectivity index is 1.86. The fraction of sp³-hybridized carbons (Fsp3) is 0.238. The van der Waals surface area contributed by atoms with Crippen LogP contribution in [-0.2, 0) is 6.54 Å². The minimum absolute atomic E-state index is 0.0588. The van der Waals surface area contributed by atoms with Crippen molar-refractivity contribution in [3.63, 3.8) is 0 Å². The highest BCUT2D eigenvalue weighted by Gasteiger charge is 2.14. The van der Waals surface area contributed by atoms with Crippen molar-refractivity contribution in [2.24, 2.45) is 0 Å². The van der Waals surface area contributed by atoms with E-state index in [9.17, 15) is 4.79 Å². The molecule has 2 heterocycles. The Morgan fingerprint density at radius 3 is 2.65 bits per heavy atom. The minimum atomic E-state index is 0.0588. The van der Waals surface area contributed by atoms with Crippen molar-refractivity contribution < 1.29 is 0 Å². The third-order valence-corrected chi connectivity index (χ3v) is 5.59. The van der Waals surface area contributed by atoms with Crippen LogP contribution in [-0.4, -0.2) is 35.1 Å². The van der Waals surface area contributed by atoms with Crippen molar-refractivity contribution in [1.29, 1.82) is 0 Å². The second kappa shape index (κ2) is 7.02. The van der Waals surface area contributed by atoms with Gasteiger partial charge in [-0.15, -0.1) is 11.3 Å². The zero-order valence-corrected chi connectivity index (χ0v) is 15.8. The van der Waals surface area contributed by atoms with Gasteiger partial charge in [-0.25, -0.2) is 4.98 Å². The van der Waals surface area contributed by atoms with Crippen LogP contribution in [0.15, 0.2) is 59.5 Å². The van der Waals surface area contributed by atoms with Gasteiger partial charge in [0.05, 0.1) is 21.3 Å². The van der Waals surface area contributed by atoms with Gasteiger partial charge in [0.1, 0.15) is 5.01 Å². The van der Waals surface area contributed by atoms with Crippen LogP contribution in [0.5, 0.6) is 0 Å². The van der Waals surface area contributed by atoms with Crippen molar-refractivity contribution in [2.75, 3.05) is 20.6 Å². The highest BCUT2D eigenvalue weighted by atomic mass is 32.1. The molecule has 0 aliphatic carbocycles. The molecule has 0 atom stereocenters. The summed E-state index contributed by atoms with van der Waals surface area (Å²) in [4.78, 5) is 20.0. The van der Waals surface area contributed by atoms with Gasteiger partial charge in [-0.1, -0.05) is 24.3 Å². The SMILES string of the molecule is CN(C)CCCn1cc(-c2nc3ccccc3s2)c(=O)c2ccccc21. The number of para-hydroxylation sites is 2. The molecular formula is C21H21N3OS. The van der Waals surface area contributed by atoms with Crippen LogP contribution in [0.2, 0.25) is 0 Å². The topological polar surface area (TPSA) is 38.1 Å². The van der Waals surface area contributed by atoms with E-state index in [1.165, 1.54) is 0 Å². The molecule has 0 saturated heterocycles. The Hall–Kier alpha value is -2.50. The van der Waals surface area contributed by atoms with Gasteiger partial charge in [0.25, 0.3) is 0 Å². The van der Waals surface area contributed by atoms with Gasteiger partial charge >= 0.3 is 0 Å². The molecule has 0 aliphatic rings. The molecule has 0 bridgehead atoms. The molecule has 2 aromatic carbocycles. The summed E-state index contributed by atoms with van der Waals surface area (Å²) in [7, 11) is 4.16. The molecule has 4 aromatic rings. The van der Waals surface area contributed by atoms with Crippen molar-refractivity contribution in [3.8, 4) is 10.6 Å². The first kappa shape index (κ1) is 16.9. The molecule has 0 N–H and O–H groups in total. The number of hydrogen-bond acceptors (Lipinski definition) is 4. The molecule has 0 unspecified atom stereocenters. The van der Waals surface area contributed by atoms with E-state index >= 15 is 0 Å². The van der Waals surface area contributed by atoms with Crippen LogP contribution in [0.4, 0.5) is 0 Å². The molecule has 0 spiro atoms. The maximum Gasteiger partial charge on any atom is 0.199 e. The van der Waals surface area contributed by atoms with E-state index in [4.69, 9.17) is 4.98 Å². The molecule has 5 heteroatoms. The molecule has 0 saturated carbocycles. The molecule has 4 rings (SSSR count). The van der Waals surface area contributed by atoms with Crippen LogP contribution < -0.4 is 5.43 Å². The monoisotopic (exact) mass is 363 g/mol. The lowest BCUT2D eigenvalue weighted by atomic mass is 10.1. The predicted octanol–water partition coefficient (Wildman–Crippen LogP) is 4.23.